The van der Waals surface area contributed by atoms with E-state index in [9.17, 15) is 17.6 Å². The van der Waals surface area contributed by atoms with E-state index in [1.165, 1.54) is 23.5 Å². The standard InChI is InChI=1S/C23H21F2N11O.C2HF3O/c1-13-17(37-19-6-18-29-11-32-36(18)12-31-19)3-2-15(20(13)25)33-22-21-16(28-10-30-22)8-27-23(34-21)35-5-4-26-14(7-24)9-35;3-2(4,5)1-6/h2-3,6,8,10-12,14,26H,4-5,7,9H2,1H3,(H,28,30,33);1H/t14-;/m1./s1. The molecule has 43 heavy (non-hydrogen) atoms. The summed E-state index contributed by atoms with van der Waals surface area (Å²) in [5, 5.41) is 10.1. The largest absolute Gasteiger partial charge is 0.446 e. The van der Waals surface area contributed by atoms with Crippen LogP contribution in [0, 0.1) is 12.7 Å². The van der Waals surface area contributed by atoms with Gasteiger partial charge in [0.15, 0.2) is 17.3 Å². The van der Waals surface area contributed by atoms with Gasteiger partial charge in [-0.3, -0.25) is 4.79 Å². The average molecular weight is 604 g/mol. The highest BCUT2D eigenvalue weighted by Crippen LogP contribution is 2.32. The molecule has 0 aliphatic carbocycles. The van der Waals surface area contributed by atoms with Crippen molar-refractivity contribution in [1.29, 1.82) is 0 Å². The van der Waals surface area contributed by atoms with Crippen molar-refractivity contribution < 1.29 is 31.5 Å². The maximum Gasteiger partial charge on any atom is 0.446 e. The third kappa shape index (κ3) is 6.85. The first-order valence-electron chi connectivity index (χ1n) is 12.6. The van der Waals surface area contributed by atoms with Gasteiger partial charge in [-0.1, -0.05) is 0 Å². The van der Waals surface area contributed by atoms with E-state index in [0.717, 1.165) is 0 Å². The van der Waals surface area contributed by atoms with Crippen molar-refractivity contribution in [1.82, 2.24) is 44.8 Å². The Kier molecular flexibility index (Phi) is 8.46. The lowest BCUT2D eigenvalue weighted by Gasteiger charge is -2.32. The van der Waals surface area contributed by atoms with Gasteiger partial charge in [-0.05, 0) is 19.1 Å². The van der Waals surface area contributed by atoms with Crippen LogP contribution in [0.1, 0.15) is 5.56 Å². The molecule has 5 aromatic rings. The van der Waals surface area contributed by atoms with Gasteiger partial charge in [0.2, 0.25) is 18.1 Å². The van der Waals surface area contributed by atoms with Crippen molar-refractivity contribution in [3.8, 4) is 11.6 Å². The smallest absolute Gasteiger partial charge is 0.438 e. The van der Waals surface area contributed by atoms with Crippen LogP contribution in [-0.2, 0) is 4.79 Å². The lowest BCUT2D eigenvalue weighted by atomic mass is 10.2. The second-order valence-corrected chi connectivity index (χ2v) is 9.10. The number of hydrogen-bond donors (Lipinski definition) is 2. The van der Waals surface area contributed by atoms with Crippen molar-refractivity contribution in [3.05, 3.63) is 54.8 Å². The number of fused-ring (bicyclic) bond motifs is 2. The molecular formula is C25H22F5N11O2. The molecule has 1 aliphatic heterocycles. The van der Waals surface area contributed by atoms with E-state index in [1.807, 2.05) is 4.90 Å². The molecular weight excluding hydrogens is 581 g/mol. The molecule has 1 aromatic carbocycles. The predicted octanol–water partition coefficient (Wildman–Crippen LogP) is 3.34. The maximum atomic E-state index is 15.4. The van der Waals surface area contributed by atoms with Gasteiger partial charge in [0.1, 0.15) is 42.4 Å². The molecule has 1 aliphatic rings. The fourth-order valence-electron chi connectivity index (χ4n) is 4.08. The van der Waals surface area contributed by atoms with E-state index < -0.39 is 25.0 Å². The lowest BCUT2D eigenvalue weighted by molar-refractivity contribution is -0.156. The van der Waals surface area contributed by atoms with Crippen LogP contribution in [0.25, 0.3) is 16.7 Å². The first-order chi connectivity index (χ1) is 20.6. The van der Waals surface area contributed by atoms with Crippen LogP contribution in [0.3, 0.4) is 0 Å². The van der Waals surface area contributed by atoms with Crippen LogP contribution < -0.4 is 20.3 Å². The Balaban J connectivity index is 0.000000559. The van der Waals surface area contributed by atoms with E-state index in [4.69, 9.17) is 9.53 Å². The van der Waals surface area contributed by atoms with Gasteiger partial charge in [0.25, 0.3) is 0 Å². The molecule has 1 fully saturated rings. The molecule has 4 aromatic heterocycles. The Morgan fingerprint density at radius 3 is 2.74 bits per heavy atom. The van der Waals surface area contributed by atoms with E-state index in [0.29, 0.717) is 53.8 Å². The number of carbonyl (C=O) groups excluding carboxylic acids is 1. The van der Waals surface area contributed by atoms with Crippen LogP contribution in [0.4, 0.5) is 39.4 Å². The van der Waals surface area contributed by atoms with Gasteiger partial charge in [-0.2, -0.15) is 18.3 Å². The number of benzene rings is 1. The Bertz CT molecular complexity index is 1750. The number of hydrogen-bond acceptors (Lipinski definition) is 12. The maximum absolute atomic E-state index is 15.4. The monoisotopic (exact) mass is 603 g/mol. The first-order valence-corrected chi connectivity index (χ1v) is 12.6. The van der Waals surface area contributed by atoms with E-state index >= 15 is 4.39 Å². The van der Waals surface area contributed by atoms with Gasteiger partial charge in [0, 0.05) is 31.3 Å². The van der Waals surface area contributed by atoms with E-state index in [1.54, 1.807) is 31.3 Å². The SMILES string of the molecule is Cc1c(Oc2cc3ncnn3cn2)ccc(Nc2ncnc3cnc(N4CCN[C@H](CF)C4)nc23)c1F.O=CC(F)(F)F. The first kappa shape index (κ1) is 29.4. The normalized spacial score (nSPS) is 15.2. The Morgan fingerprint density at radius 2 is 1.98 bits per heavy atom. The highest BCUT2D eigenvalue weighted by atomic mass is 19.4. The highest BCUT2D eigenvalue weighted by molar-refractivity contribution is 5.87. The van der Waals surface area contributed by atoms with Gasteiger partial charge < -0.3 is 20.3 Å². The van der Waals surface area contributed by atoms with Crippen LogP contribution in [-0.4, -0.2) is 84.3 Å². The van der Waals surface area contributed by atoms with Gasteiger partial charge in [0.05, 0.1) is 17.9 Å². The molecule has 1 saturated heterocycles. The number of aromatic nitrogens is 8. The lowest BCUT2D eigenvalue weighted by Crippen LogP contribution is -2.52. The van der Waals surface area contributed by atoms with Crippen LogP contribution in [0.15, 0.2) is 43.4 Å². The van der Waals surface area contributed by atoms with Crippen LogP contribution >= 0.6 is 0 Å². The van der Waals surface area contributed by atoms with Gasteiger partial charge in [-0.15, -0.1) is 0 Å². The van der Waals surface area contributed by atoms with Crippen molar-refractivity contribution in [2.75, 3.05) is 36.5 Å². The minimum atomic E-state index is -4.64. The molecule has 1 atom stereocenters. The molecule has 0 saturated carbocycles. The molecule has 5 heterocycles. The summed E-state index contributed by atoms with van der Waals surface area (Å²) in [6, 6.07) is 4.50. The molecule has 0 amide bonds. The predicted molar refractivity (Wildman–Crippen MR) is 143 cm³/mol. The summed E-state index contributed by atoms with van der Waals surface area (Å²) in [5.41, 5.74) is 1.93. The minimum Gasteiger partial charge on any atom is -0.438 e. The average Bonchev–Trinajstić information content (AvgIpc) is 3.49. The number of halogens is 5. The van der Waals surface area contributed by atoms with Crippen molar-refractivity contribution in [2.45, 2.75) is 19.1 Å². The number of ether oxygens (including phenoxy) is 1. The molecule has 0 bridgehead atoms. The summed E-state index contributed by atoms with van der Waals surface area (Å²) in [7, 11) is 0. The number of rotatable bonds is 6. The third-order valence-electron chi connectivity index (χ3n) is 6.17. The highest BCUT2D eigenvalue weighted by Gasteiger charge is 2.25. The zero-order valence-electron chi connectivity index (χ0n) is 22.3. The van der Waals surface area contributed by atoms with E-state index in [2.05, 4.69) is 45.6 Å². The quantitative estimate of drug-likeness (QED) is 0.217. The fourth-order valence-corrected chi connectivity index (χ4v) is 4.08. The molecule has 0 radical (unpaired) electrons. The van der Waals surface area contributed by atoms with Gasteiger partial charge in [-0.25, -0.2) is 43.2 Å². The Hall–Kier alpha value is -5.13. The summed E-state index contributed by atoms with van der Waals surface area (Å²) in [5.74, 6) is 0.796. The summed E-state index contributed by atoms with van der Waals surface area (Å²) in [6.45, 7) is 2.81. The Morgan fingerprint density at radius 1 is 1.16 bits per heavy atom. The number of nitrogens with one attached hydrogen (secondary N) is 2. The topological polar surface area (TPSA) is 148 Å². The molecule has 13 nitrogen and oxygen atoms in total. The minimum absolute atomic E-state index is 0.186. The van der Waals surface area contributed by atoms with Gasteiger partial charge >= 0.3 is 6.18 Å². The zero-order valence-corrected chi connectivity index (χ0v) is 22.3. The summed E-state index contributed by atoms with van der Waals surface area (Å²) < 4.78 is 67.1. The number of carbonyl (C=O) groups is 1. The number of nitrogens with zero attached hydrogens (tertiary/aromatic N) is 9. The fraction of sp³-hybridized carbons (Fsp3) is 0.280. The van der Waals surface area contributed by atoms with E-state index in [-0.39, 0.29) is 23.2 Å². The van der Waals surface area contributed by atoms with Crippen molar-refractivity contribution in [3.63, 3.8) is 0 Å². The summed E-state index contributed by atoms with van der Waals surface area (Å²) in [6.07, 6.45) is 0.100. The van der Waals surface area contributed by atoms with Crippen molar-refractivity contribution in [2.24, 2.45) is 0 Å². The number of piperazine rings is 1. The van der Waals surface area contributed by atoms with Crippen LogP contribution in [0.5, 0.6) is 11.6 Å². The molecule has 0 spiro atoms. The number of anilines is 3. The molecule has 0 unspecified atom stereocenters. The summed E-state index contributed by atoms with van der Waals surface area (Å²) >= 11 is 0. The number of aldehydes is 1. The summed E-state index contributed by atoms with van der Waals surface area (Å²) in [4.78, 5) is 36.4. The molecule has 224 valence electrons. The molecule has 18 heteroatoms. The second-order valence-electron chi connectivity index (χ2n) is 9.10. The van der Waals surface area contributed by atoms with Crippen molar-refractivity contribution >= 4 is 40.4 Å². The Labute approximate surface area is 239 Å². The number of alkyl halides is 4. The third-order valence-corrected chi connectivity index (χ3v) is 6.17. The molecule has 6 rings (SSSR count). The molecule has 2 N–H and O–H groups in total. The second kappa shape index (κ2) is 12.4. The zero-order chi connectivity index (χ0) is 30.6. The van der Waals surface area contributed by atoms with Crippen LogP contribution in [0.2, 0.25) is 0 Å².